The van der Waals surface area contributed by atoms with Crippen LogP contribution in [0.25, 0.3) is 4.91 Å². The van der Waals surface area contributed by atoms with Crippen LogP contribution in [0.5, 0.6) is 5.75 Å². The van der Waals surface area contributed by atoms with E-state index in [-0.39, 0.29) is 34.8 Å². The highest BCUT2D eigenvalue weighted by atomic mass is 32.1. The van der Waals surface area contributed by atoms with E-state index in [2.05, 4.69) is 27.9 Å². The molecule has 0 aromatic carbocycles. The van der Waals surface area contributed by atoms with Crippen molar-refractivity contribution in [1.82, 2.24) is 15.2 Å². The molecule has 16 heteroatoms. The van der Waals surface area contributed by atoms with Gasteiger partial charge in [0.25, 0.3) is 17.4 Å². The number of amides is 2. The first-order valence-corrected chi connectivity index (χ1v) is 12.3. The van der Waals surface area contributed by atoms with Gasteiger partial charge in [0.05, 0.1) is 24.0 Å². The Morgan fingerprint density at radius 3 is 2.23 bits per heavy atom. The Morgan fingerprint density at radius 1 is 1.20 bits per heavy atom. The summed E-state index contributed by atoms with van der Waals surface area (Å²) in [6.45, 7) is 6.06. The van der Waals surface area contributed by atoms with E-state index in [1.54, 1.807) is 6.92 Å². The number of likely N-dealkylation sites (tertiary alicyclic amines) is 1. The monoisotopic (exact) mass is 600 g/mol. The number of pyridine rings is 1. The van der Waals surface area contributed by atoms with Crippen LogP contribution in [0, 0.1) is 0 Å². The molecular weight excluding hydrogens is 570 g/mol. The van der Waals surface area contributed by atoms with Crippen LogP contribution in [0.3, 0.4) is 0 Å². The molecule has 0 saturated carbocycles. The molecule has 2 rings (SSSR count). The molecule has 2 heterocycles. The topological polar surface area (TPSA) is 124 Å². The van der Waals surface area contributed by atoms with E-state index in [4.69, 9.17) is 4.74 Å². The fourth-order valence-electron chi connectivity index (χ4n) is 3.78. The van der Waals surface area contributed by atoms with Crippen molar-refractivity contribution in [3.8, 4) is 5.75 Å². The molecule has 1 atom stereocenters. The third-order valence-electron chi connectivity index (χ3n) is 6.06. The van der Waals surface area contributed by atoms with Crippen molar-refractivity contribution < 1.29 is 50.9 Å². The summed E-state index contributed by atoms with van der Waals surface area (Å²) >= 11 is 4.29. The number of alkyl halides is 6. The lowest BCUT2D eigenvalue weighted by Crippen LogP contribution is -2.54. The molecule has 224 valence electrons. The number of thiol groups is 1. The maximum atomic E-state index is 13.5. The maximum Gasteiger partial charge on any atom is 0.432 e. The van der Waals surface area contributed by atoms with Crippen LogP contribution in [-0.2, 0) is 15.2 Å². The number of rotatable bonds is 8. The van der Waals surface area contributed by atoms with E-state index in [1.807, 2.05) is 0 Å². The molecule has 1 fully saturated rings. The predicted molar refractivity (Wildman–Crippen MR) is 136 cm³/mol. The first-order chi connectivity index (χ1) is 18.2. The number of nitrogens with one attached hydrogen (secondary N) is 1. The van der Waals surface area contributed by atoms with E-state index in [0.29, 0.717) is 25.6 Å². The van der Waals surface area contributed by atoms with Gasteiger partial charge in [0, 0.05) is 36.3 Å². The van der Waals surface area contributed by atoms with E-state index in [0.717, 1.165) is 7.11 Å². The number of carbonyl (C=O) groups excluding carboxylic acids is 2. The van der Waals surface area contributed by atoms with Crippen molar-refractivity contribution in [2.75, 3.05) is 20.2 Å². The first-order valence-electron chi connectivity index (χ1n) is 11.9. The lowest BCUT2D eigenvalue weighted by Gasteiger charge is -2.32. The smallest absolute Gasteiger partial charge is 0.432 e. The van der Waals surface area contributed by atoms with Crippen molar-refractivity contribution in [1.29, 1.82) is 0 Å². The minimum absolute atomic E-state index is 0.164. The number of hydrogen-bond acceptors (Lipinski definition) is 8. The molecule has 3 N–H and O–H groups in total. The highest BCUT2D eigenvalue weighted by Gasteiger charge is 2.72. The summed E-state index contributed by atoms with van der Waals surface area (Å²) in [6.07, 6.45) is -10.5. The van der Waals surface area contributed by atoms with Gasteiger partial charge in [0.2, 0.25) is 0 Å². The van der Waals surface area contributed by atoms with Gasteiger partial charge >= 0.3 is 12.4 Å². The van der Waals surface area contributed by atoms with E-state index >= 15 is 0 Å². The summed E-state index contributed by atoms with van der Waals surface area (Å²) in [6, 6.07) is -0.00109. The van der Waals surface area contributed by atoms with Crippen molar-refractivity contribution in [3.05, 3.63) is 29.2 Å². The summed E-state index contributed by atoms with van der Waals surface area (Å²) in [7, 11) is 0.937. The van der Waals surface area contributed by atoms with E-state index < -0.39 is 52.5 Å². The molecule has 0 bridgehead atoms. The number of carbonyl (C=O) groups is 2. The average molecular weight is 601 g/mol. The van der Waals surface area contributed by atoms with Crippen molar-refractivity contribution in [2.24, 2.45) is 4.99 Å². The molecule has 0 radical (unpaired) electrons. The number of nitrogens with zero attached hydrogens (tertiary/aromatic N) is 3. The van der Waals surface area contributed by atoms with E-state index in [1.165, 1.54) is 25.7 Å². The molecule has 1 aromatic rings. The van der Waals surface area contributed by atoms with Crippen LogP contribution in [0.4, 0.5) is 26.3 Å². The molecule has 1 aliphatic rings. The number of ether oxygens (including phenoxy) is 1. The highest BCUT2D eigenvalue weighted by Crippen LogP contribution is 2.50. The third kappa shape index (κ3) is 7.07. The minimum atomic E-state index is -6.19. The molecule has 40 heavy (non-hydrogen) atoms. The normalized spacial score (nSPS) is 18.0. The zero-order valence-electron chi connectivity index (χ0n) is 22.2. The van der Waals surface area contributed by atoms with Gasteiger partial charge in [-0.1, -0.05) is 0 Å². The van der Waals surface area contributed by atoms with Gasteiger partial charge in [0.15, 0.2) is 0 Å². The van der Waals surface area contributed by atoms with Crippen molar-refractivity contribution in [2.45, 2.75) is 70.1 Å². The number of aliphatic imine (C=N–C) groups is 1. The summed E-state index contributed by atoms with van der Waals surface area (Å²) in [5.74, 6) is -2.11. The number of aliphatic hydroxyl groups is 2. The molecule has 9 nitrogen and oxygen atoms in total. The summed E-state index contributed by atoms with van der Waals surface area (Å²) < 4.78 is 85.3. The summed E-state index contributed by atoms with van der Waals surface area (Å²) in [5, 5.41) is 22.0. The average Bonchev–Trinajstić information content (AvgIpc) is 3.27. The Hall–Kier alpha value is -2.85. The summed E-state index contributed by atoms with van der Waals surface area (Å²) in [4.78, 5) is 34.4. The molecular formula is C24H30F6N4O5S. The zero-order chi connectivity index (χ0) is 30.8. The lowest BCUT2D eigenvalue weighted by atomic mass is 9.96. The lowest BCUT2D eigenvalue weighted by molar-refractivity contribution is -0.377. The largest absolute Gasteiger partial charge is 0.496 e. The second-order valence-corrected chi connectivity index (χ2v) is 10.3. The highest BCUT2D eigenvalue weighted by molar-refractivity contribution is 7.90. The van der Waals surface area contributed by atoms with Crippen LogP contribution in [0.2, 0.25) is 0 Å². The summed E-state index contributed by atoms with van der Waals surface area (Å²) in [5.41, 5.74) is -9.44. The van der Waals surface area contributed by atoms with Gasteiger partial charge in [-0.25, -0.2) is 4.99 Å². The van der Waals surface area contributed by atoms with Gasteiger partial charge in [-0.05, 0) is 40.5 Å². The molecule has 0 unspecified atom stereocenters. The molecule has 2 amide bonds. The second kappa shape index (κ2) is 11.9. The molecule has 1 saturated heterocycles. The Balaban J connectivity index is 2.72. The third-order valence-corrected chi connectivity index (χ3v) is 6.52. The number of halogens is 6. The van der Waals surface area contributed by atoms with Crippen LogP contribution >= 0.6 is 12.6 Å². The Kier molecular flexibility index (Phi) is 9.96. The number of aromatic nitrogens is 1. The number of hydrogen-bond donors (Lipinski definition) is 4. The van der Waals surface area contributed by atoms with Gasteiger partial charge < -0.3 is 25.2 Å². The van der Waals surface area contributed by atoms with Gasteiger partial charge in [0.1, 0.15) is 17.2 Å². The van der Waals surface area contributed by atoms with Crippen molar-refractivity contribution in [3.63, 3.8) is 0 Å². The molecule has 1 aromatic heterocycles. The van der Waals surface area contributed by atoms with Crippen LogP contribution in [0.15, 0.2) is 23.0 Å². The van der Waals surface area contributed by atoms with Gasteiger partial charge in [-0.15, -0.1) is 12.6 Å². The van der Waals surface area contributed by atoms with Gasteiger partial charge in [-0.3, -0.25) is 14.6 Å². The maximum absolute atomic E-state index is 13.5. The SMILES string of the molecule is COc1cc(C(O)(C(F)(F)F)C(F)(F)F)ncc1/C(S)=C(/N=C(C)C(=O)NCC(C)(C)O)C(=O)N1CCC[C@@H]1C. The second-order valence-electron chi connectivity index (χ2n) is 9.86. The van der Waals surface area contributed by atoms with Crippen molar-refractivity contribution >= 4 is 35.1 Å². The zero-order valence-corrected chi connectivity index (χ0v) is 23.1. The van der Waals surface area contributed by atoms with Crippen LogP contribution in [0.1, 0.15) is 51.8 Å². The fourth-order valence-corrected chi connectivity index (χ4v) is 4.09. The standard InChI is InChI=1S/C24H30F6N4O5S/c1-12-7-6-8-34(12)20(36)17(33-13(2)19(35)32-11-21(3,4)37)18(40)14-10-31-16(9-15(14)39-5)22(38,23(25,26)27)24(28,29)30/h9-10,12,37-38,40H,6-8,11H2,1-5H3,(H,32,35)/b18-17-,33-13?/t12-/m0/s1. The quantitative estimate of drug-likeness (QED) is 0.157. The first kappa shape index (κ1) is 33.4. The predicted octanol–water partition coefficient (Wildman–Crippen LogP) is 3.36. The van der Waals surface area contributed by atoms with E-state index in [9.17, 15) is 46.1 Å². The molecule has 0 aliphatic carbocycles. The Labute approximate surface area is 231 Å². The van der Waals surface area contributed by atoms with Crippen LogP contribution in [-0.4, -0.2) is 81.8 Å². The van der Waals surface area contributed by atoms with Crippen LogP contribution < -0.4 is 10.1 Å². The number of methoxy groups -OCH3 is 1. The minimum Gasteiger partial charge on any atom is -0.496 e. The Morgan fingerprint density at radius 2 is 1.77 bits per heavy atom. The Bertz CT molecular complexity index is 1180. The fraction of sp³-hybridized carbons (Fsp3) is 0.583. The van der Waals surface area contributed by atoms with Gasteiger partial charge in [-0.2, -0.15) is 26.3 Å². The molecule has 1 aliphatic heterocycles. The molecule has 0 spiro atoms.